The minimum absolute atomic E-state index is 0.0453. The topological polar surface area (TPSA) is 255 Å². The van der Waals surface area contributed by atoms with Gasteiger partial charge in [-0.25, -0.2) is 0 Å². The van der Waals surface area contributed by atoms with Crippen LogP contribution < -0.4 is 0 Å². The Morgan fingerprint density at radius 2 is 0.617 bits per heavy atom. The van der Waals surface area contributed by atoms with Gasteiger partial charge in [-0.3, -0.25) is 43.2 Å². The van der Waals surface area contributed by atoms with E-state index in [0.717, 1.165) is 106 Å². The van der Waals surface area contributed by atoms with Crippen LogP contribution in [0, 0.1) is 5.92 Å². The highest BCUT2D eigenvalue weighted by molar-refractivity contribution is 5.72. The third-order valence-corrected chi connectivity index (χ3v) is 14.5. The molecule has 0 bridgehead atoms. The summed E-state index contributed by atoms with van der Waals surface area (Å²) in [7, 11) is 0. The fourth-order valence-corrected chi connectivity index (χ4v) is 10.6. The molecule has 0 N–H and O–H groups in total. The number of hydrogen-bond acceptors (Lipinski definition) is 20. The minimum atomic E-state index is -1.97. The largest absolute Gasteiger partial charge is 0.463 e. The number of unbranched alkanes of at least 4 members (excludes halogenated alkanes) is 22. The molecule has 2 aliphatic rings. The molecule has 0 aromatic rings. The molecule has 20 heteroatoms. The highest BCUT2D eigenvalue weighted by atomic mass is 16.8. The van der Waals surface area contributed by atoms with Crippen molar-refractivity contribution >= 4 is 53.7 Å². The Morgan fingerprint density at radius 3 is 0.963 bits per heavy atom. The Kier molecular flexibility index (Phi) is 37.5. The summed E-state index contributed by atoms with van der Waals surface area (Å²) in [5.74, 6) is -7.47. The quantitative estimate of drug-likeness (QED) is 0.0313. The molecule has 0 amide bonds. The van der Waals surface area contributed by atoms with Gasteiger partial charge >= 0.3 is 53.7 Å². The summed E-state index contributed by atoms with van der Waals surface area (Å²) in [6.45, 7) is 13.2. The SMILES string of the molecule is CCCCCCCCCCCCCCCCC(=O)OCC1OC(OC2C(OC(C)=O)C(OC(C)=O)C(OC(C)=O)C(OC(C)=O)C2OC(C)=O)C(OC(C)=O)C(OC(C)=O)C1OC(=O)CCCCCCCC(C)CCCCCCCC. The number of rotatable bonds is 42. The molecule has 81 heavy (non-hydrogen) atoms. The van der Waals surface area contributed by atoms with Crippen molar-refractivity contribution in [2.75, 3.05) is 6.61 Å². The van der Waals surface area contributed by atoms with Crippen molar-refractivity contribution in [3.8, 4) is 0 Å². The Hall–Kier alpha value is -4.85. The van der Waals surface area contributed by atoms with Crippen molar-refractivity contribution in [2.45, 2.75) is 323 Å². The van der Waals surface area contributed by atoms with Crippen molar-refractivity contribution < 1.29 is 95.3 Å². The second kappa shape index (κ2) is 42.0. The van der Waals surface area contributed by atoms with Gasteiger partial charge in [0.05, 0.1) is 0 Å². The smallest absolute Gasteiger partial charge is 0.306 e. The maximum atomic E-state index is 13.8. The lowest BCUT2D eigenvalue weighted by molar-refractivity contribution is -0.343. The molecule has 466 valence electrons. The molecule has 10 atom stereocenters. The summed E-state index contributed by atoms with van der Waals surface area (Å²) in [5, 5.41) is 0. The average Bonchev–Trinajstić information content (AvgIpc) is 3.51. The molecule has 2 rings (SSSR count). The molecule has 1 heterocycles. The van der Waals surface area contributed by atoms with Gasteiger partial charge in [0.25, 0.3) is 0 Å². The molecule has 1 aliphatic heterocycles. The van der Waals surface area contributed by atoms with Crippen LogP contribution in [0.5, 0.6) is 0 Å². The summed E-state index contributed by atoms with van der Waals surface area (Å²) in [4.78, 5) is 117. The van der Waals surface area contributed by atoms with Crippen LogP contribution in [0.4, 0.5) is 0 Å². The third-order valence-electron chi connectivity index (χ3n) is 14.5. The molecular weight excluding hydrogens is 1050 g/mol. The van der Waals surface area contributed by atoms with Gasteiger partial charge in [0.15, 0.2) is 55.1 Å². The molecule has 1 saturated heterocycles. The first-order valence-corrected chi connectivity index (χ1v) is 30.5. The van der Waals surface area contributed by atoms with Crippen molar-refractivity contribution in [1.82, 2.24) is 0 Å². The van der Waals surface area contributed by atoms with E-state index in [1.54, 1.807) is 0 Å². The number of hydrogen-bond donors (Lipinski definition) is 0. The Balaban J connectivity index is 2.46. The number of ether oxygens (including phenoxy) is 11. The molecular formula is C61H102O20. The molecule has 0 aromatic carbocycles. The van der Waals surface area contributed by atoms with E-state index in [9.17, 15) is 43.2 Å². The van der Waals surface area contributed by atoms with Crippen molar-refractivity contribution in [2.24, 2.45) is 5.92 Å². The Morgan fingerprint density at radius 1 is 0.333 bits per heavy atom. The van der Waals surface area contributed by atoms with Crippen LogP contribution in [0.25, 0.3) is 0 Å². The predicted molar refractivity (Wildman–Crippen MR) is 298 cm³/mol. The average molecular weight is 1160 g/mol. The highest BCUT2D eigenvalue weighted by Crippen LogP contribution is 2.38. The summed E-state index contributed by atoms with van der Waals surface area (Å²) in [6.07, 6.45) is 10.2. The zero-order valence-corrected chi connectivity index (χ0v) is 50.8. The fourth-order valence-electron chi connectivity index (χ4n) is 10.6. The van der Waals surface area contributed by atoms with E-state index in [1.807, 2.05) is 0 Å². The van der Waals surface area contributed by atoms with E-state index < -0.39 is 128 Å². The van der Waals surface area contributed by atoms with Crippen LogP contribution in [0.1, 0.15) is 255 Å². The van der Waals surface area contributed by atoms with Gasteiger partial charge in [-0.15, -0.1) is 0 Å². The van der Waals surface area contributed by atoms with E-state index in [0.29, 0.717) is 18.8 Å². The molecule has 0 spiro atoms. The van der Waals surface area contributed by atoms with E-state index in [2.05, 4.69) is 20.8 Å². The second-order valence-corrected chi connectivity index (χ2v) is 22.1. The lowest BCUT2D eigenvalue weighted by Gasteiger charge is -2.50. The zero-order valence-electron chi connectivity index (χ0n) is 50.8. The van der Waals surface area contributed by atoms with E-state index in [-0.39, 0.29) is 12.8 Å². The summed E-state index contributed by atoms with van der Waals surface area (Å²) >= 11 is 0. The molecule has 20 nitrogen and oxygen atoms in total. The summed E-state index contributed by atoms with van der Waals surface area (Å²) in [5.41, 5.74) is 0. The lowest BCUT2D eigenvalue weighted by atomic mass is 9.83. The molecule has 1 aliphatic carbocycles. The van der Waals surface area contributed by atoms with Crippen LogP contribution in [0.2, 0.25) is 0 Å². The van der Waals surface area contributed by atoms with Crippen LogP contribution in [0.3, 0.4) is 0 Å². The fraction of sp³-hybridized carbons (Fsp3) is 0.852. The first-order valence-electron chi connectivity index (χ1n) is 30.5. The Labute approximate surface area is 482 Å². The van der Waals surface area contributed by atoms with Crippen LogP contribution >= 0.6 is 0 Å². The third kappa shape index (κ3) is 30.9. The van der Waals surface area contributed by atoms with Crippen LogP contribution in [0.15, 0.2) is 0 Å². The second-order valence-electron chi connectivity index (χ2n) is 22.1. The number of esters is 9. The summed E-state index contributed by atoms with van der Waals surface area (Å²) < 4.78 is 64.4. The van der Waals surface area contributed by atoms with E-state index in [1.165, 1.54) is 103 Å². The normalized spacial score (nSPS) is 23.7. The van der Waals surface area contributed by atoms with Crippen molar-refractivity contribution in [3.05, 3.63) is 0 Å². The predicted octanol–water partition coefficient (Wildman–Crippen LogP) is 11.1. The highest BCUT2D eigenvalue weighted by Gasteiger charge is 2.62. The number of carbonyl (C=O) groups is 9. The maximum absolute atomic E-state index is 13.8. The molecule has 1 saturated carbocycles. The monoisotopic (exact) mass is 1150 g/mol. The molecule has 10 unspecified atom stereocenters. The van der Waals surface area contributed by atoms with Gasteiger partial charge in [-0.2, -0.15) is 0 Å². The van der Waals surface area contributed by atoms with E-state index >= 15 is 0 Å². The zero-order chi connectivity index (χ0) is 60.1. The van der Waals surface area contributed by atoms with Crippen molar-refractivity contribution in [3.63, 3.8) is 0 Å². The van der Waals surface area contributed by atoms with Crippen molar-refractivity contribution in [1.29, 1.82) is 0 Å². The molecule has 2 fully saturated rings. The maximum Gasteiger partial charge on any atom is 0.306 e. The minimum Gasteiger partial charge on any atom is -0.463 e. The molecule has 0 aromatic heterocycles. The Bertz CT molecular complexity index is 1830. The van der Waals surface area contributed by atoms with Crippen LogP contribution in [-0.4, -0.2) is 128 Å². The van der Waals surface area contributed by atoms with Crippen LogP contribution in [-0.2, 0) is 95.3 Å². The first-order chi connectivity index (χ1) is 38.7. The van der Waals surface area contributed by atoms with Gasteiger partial charge in [-0.05, 0) is 18.8 Å². The van der Waals surface area contributed by atoms with Gasteiger partial charge in [-0.1, -0.05) is 181 Å². The van der Waals surface area contributed by atoms with Gasteiger partial charge in [0.1, 0.15) is 18.8 Å². The lowest BCUT2D eigenvalue weighted by Crippen LogP contribution is -2.70. The van der Waals surface area contributed by atoms with Gasteiger partial charge in [0.2, 0.25) is 0 Å². The molecule has 0 radical (unpaired) electrons. The van der Waals surface area contributed by atoms with Gasteiger partial charge < -0.3 is 52.1 Å². The number of carbonyl (C=O) groups excluding carboxylic acids is 9. The van der Waals surface area contributed by atoms with E-state index in [4.69, 9.17) is 52.1 Å². The standard InChI is InChI=1S/C61H102O20/c1-11-13-15-17-19-20-21-22-23-24-25-26-30-34-38-50(69)71-40-49-52(80-51(70)39-35-31-27-29-33-37-41(3)36-32-28-18-16-14-12-2)53(72-42(4)62)60(78-48(10)68)61(79-49)81-59-57(76-46(8)66)55(74-44(6)64)54(73-43(5)63)56(75-45(7)65)58(59)77-47(9)67/h41,49,52-61H,11-40H2,1-10H3. The summed E-state index contributed by atoms with van der Waals surface area (Å²) in [6, 6.07) is 0. The van der Waals surface area contributed by atoms with Gasteiger partial charge in [0, 0.05) is 61.3 Å². The first kappa shape index (κ1) is 72.3.